The van der Waals surface area contributed by atoms with Crippen molar-refractivity contribution in [3.63, 3.8) is 0 Å². The summed E-state index contributed by atoms with van der Waals surface area (Å²) in [6, 6.07) is 9.66. The highest BCUT2D eigenvalue weighted by Crippen LogP contribution is 2.45. The molecule has 0 fully saturated rings. The summed E-state index contributed by atoms with van der Waals surface area (Å²) < 4.78 is 21.5. The molecule has 1 N–H and O–H groups in total. The Morgan fingerprint density at radius 2 is 1.90 bits per heavy atom. The second-order valence-electron chi connectivity index (χ2n) is 7.76. The Hall–Kier alpha value is -3.41. The first-order valence-electron chi connectivity index (χ1n) is 10.5. The molecule has 5 rings (SSSR count). The zero-order valence-electron chi connectivity index (χ0n) is 17.6. The second-order valence-corrected chi connectivity index (χ2v) is 7.76. The normalized spacial score (nSPS) is 13.3. The number of ether oxygens (including phenoxy) is 1. The van der Waals surface area contributed by atoms with Crippen molar-refractivity contribution in [2.45, 2.75) is 39.7 Å². The van der Waals surface area contributed by atoms with Crippen LogP contribution in [-0.2, 0) is 19.4 Å². The summed E-state index contributed by atoms with van der Waals surface area (Å²) >= 11 is 0. The molecule has 3 heterocycles. The molecule has 0 bridgehead atoms. The molecule has 1 aromatic heterocycles. The van der Waals surface area contributed by atoms with Gasteiger partial charge in [0.1, 0.15) is 17.1 Å². The van der Waals surface area contributed by atoms with Gasteiger partial charge < -0.3 is 14.4 Å². The van der Waals surface area contributed by atoms with Crippen LogP contribution in [0.1, 0.15) is 41.8 Å². The van der Waals surface area contributed by atoms with E-state index in [2.05, 4.69) is 13.8 Å². The van der Waals surface area contributed by atoms with Crippen molar-refractivity contribution in [2.75, 3.05) is 6.61 Å². The number of benzene rings is 2. The molecule has 31 heavy (non-hydrogen) atoms. The maximum atomic E-state index is 13.8. The SMILES string of the molecule is CCC.O=C(O)c1cn2c(cc1=O)-c1cc(-c3cccc(F)c3)c3c(c1CC2)CCO3. The van der Waals surface area contributed by atoms with Crippen molar-refractivity contribution < 1.29 is 19.0 Å². The van der Waals surface area contributed by atoms with Gasteiger partial charge in [0.05, 0.1) is 12.3 Å². The maximum Gasteiger partial charge on any atom is 0.341 e. The van der Waals surface area contributed by atoms with Crippen molar-refractivity contribution >= 4 is 5.97 Å². The maximum absolute atomic E-state index is 13.8. The number of rotatable bonds is 2. The van der Waals surface area contributed by atoms with Gasteiger partial charge in [-0.25, -0.2) is 9.18 Å². The van der Waals surface area contributed by atoms with E-state index in [9.17, 15) is 19.1 Å². The van der Waals surface area contributed by atoms with Crippen LogP contribution in [-0.4, -0.2) is 22.2 Å². The van der Waals surface area contributed by atoms with E-state index in [4.69, 9.17) is 4.74 Å². The Labute approximate surface area is 179 Å². The Balaban J connectivity index is 0.000000730. The van der Waals surface area contributed by atoms with Crippen LogP contribution in [0.2, 0.25) is 0 Å². The van der Waals surface area contributed by atoms with Gasteiger partial charge >= 0.3 is 5.97 Å². The third-order valence-electron chi connectivity index (χ3n) is 5.47. The molecule has 2 aliphatic rings. The van der Waals surface area contributed by atoms with Gasteiger partial charge in [-0.05, 0) is 35.7 Å². The molecule has 0 atom stereocenters. The zero-order chi connectivity index (χ0) is 22.1. The van der Waals surface area contributed by atoms with E-state index in [1.807, 2.05) is 16.7 Å². The lowest BCUT2D eigenvalue weighted by Crippen LogP contribution is -2.22. The number of hydrogen-bond acceptors (Lipinski definition) is 3. The molecule has 3 aromatic rings. The van der Waals surface area contributed by atoms with E-state index in [0.717, 1.165) is 40.8 Å². The Bertz CT molecular complexity index is 1230. The number of carbonyl (C=O) groups is 1. The van der Waals surface area contributed by atoms with E-state index in [0.29, 0.717) is 24.4 Å². The smallest absolute Gasteiger partial charge is 0.341 e. The molecule has 160 valence electrons. The Morgan fingerprint density at radius 1 is 1.13 bits per heavy atom. The van der Waals surface area contributed by atoms with Crippen LogP contribution in [0.3, 0.4) is 0 Å². The lowest BCUT2D eigenvalue weighted by atomic mass is 9.87. The van der Waals surface area contributed by atoms with E-state index in [-0.39, 0.29) is 11.4 Å². The topological polar surface area (TPSA) is 68.5 Å². The third-order valence-corrected chi connectivity index (χ3v) is 5.47. The third kappa shape index (κ3) is 3.74. The molecule has 0 spiro atoms. The molecule has 0 unspecified atom stereocenters. The van der Waals surface area contributed by atoms with Crippen molar-refractivity contribution in [1.29, 1.82) is 0 Å². The van der Waals surface area contributed by atoms with E-state index >= 15 is 0 Å². The van der Waals surface area contributed by atoms with Gasteiger partial charge in [0, 0.05) is 41.9 Å². The van der Waals surface area contributed by atoms with Crippen LogP contribution in [0.4, 0.5) is 4.39 Å². The molecule has 5 nitrogen and oxygen atoms in total. The number of hydrogen-bond donors (Lipinski definition) is 1. The minimum absolute atomic E-state index is 0.234. The summed E-state index contributed by atoms with van der Waals surface area (Å²) in [6.45, 7) is 5.41. The summed E-state index contributed by atoms with van der Waals surface area (Å²) in [5, 5.41) is 9.24. The van der Waals surface area contributed by atoms with Crippen LogP contribution >= 0.6 is 0 Å². The van der Waals surface area contributed by atoms with Crippen molar-refractivity contribution in [2.24, 2.45) is 0 Å². The molecule has 0 aliphatic carbocycles. The molecule has 0 radical (unpaired) electrons. The number of fused-ring (bicyclic) bond motifs is 5. The molecule has 0 amide bonds. The fourth-order valence-corrected chi connectivity index (χ4v) is 4.21. The summed E-state index contributed by atoms with van der Waals surface area (Å²) in [6.07, 6.45) is 4.15. The van der Waals surface area contributed by atoms with Gasteiger partial charge in [-0.15, -0.1) is 0 Å². The molecular weight excluding hydrogens is 397 g/mol. The molecular formula is C25H24FNO4. The van der Waals surface area contributed by atoms with Crippen LogP contribution in [0.5, 0.6) is 5.75 Å². The molecule has 0 saturated carbocycles. The zero-order valence-corrected chi connectivity index (χ0v) is 17.6. The summed E-state index contributed by atoms with van der Waals surface area (Å²) in [5.41, 5.74) is 4.52. The first-order valence-corrected chi connectivity index (χ1v) is 10.5. The predicted molar refractivity (Wildman–Crippen MR) is 117 cm³/mol. The number of pyridine rings is 1. The molecule has 2 aromatic carbocycles. The summed E-state index contributed by atoms with van der Waals surface area (Å²) in [7, 11) is 0. The van der Waals surface area contributed by atoms with E-state index in [1.165, 1.54) is 30.8 Å². The first kappa shape index (κ1) is 20.8. The average Bonchev–Trinajstić information content (AvgIpc) is 3.23. The summed E-state index contributed by atoms with van der Waals surface area (Å²) in [4.78, 5) is 23.6. The number of carboxylic acid groups (broad SMARTS) is 1. The van der Waals surface area contributed by atoms with Crippen LogP contribution in [0, 0.1) is 5.82 Å². The standard InChI is InChI=1S/C22H16FNO4.C3H8/c23-13-3-1-2-12(8-13)16-9-17-14(15-5-7-28-21(15)16)4-6-24-11-18(22(26)27)20(25)10-19(17)24;1-3-2/h1-3,8-11H,4-7H2,(H,26,27);3H2,1-2H3. The number of aromatic carboxylic acids is 1. The number of aryl methyl sites for hydroxylation is 1. The van der Waals surface area contributed by atoms with Crippen LogP contribution in [0.15, 0.2) is 47.4 Å². The van der Waals surface area contributed by atoms with Gasteiger partial charge in [-0.1, -0.05) is 32.4 Å². The Kier molecular flexibility index (Phi) is 5.63. The van der Waals surface area contributed by atoms with Crippen molar-refractivity contribution in [3.05, 3.63) is 75.3 Å². The van der Waals surface area contributed by atoms with Crippen molar-refractivity contribution in [1.82, 2.24) is 4.57 Å². The molecule has 0 saturated heterocycles. The summed E-state index contributed by atoms with van der Waals surface area (Å²) in [5.74, 6) is -0.777. The minimum Gasteiger partial charge on any atom is -0.492 e. The fourth-order valence-electron chi connectivity index (χ4n) is 4.21. The predicted octanol–water partition coefficient (Wildman–Crippen LogP) is 4.93. The monoisotopic (exact) mass is 421 g/mol. The molecule has 6 heteroatoms. The minimum atomic E-state index is -1.23. The van der Waals surface area contributed by atoms with Gasteiger partial charge in [-0.2, -0.15) is 0 Å². The highest BCUT2D eigenvalue weighted by Gasteiger charge is 2.28. The van der Waals surface area contributed by atoms with Gasteiger partial charge in [0.2, 0.25) is 0 Å². The fraction of sp³-hybridized carbons (Fsp3) is 0.280. The lowest BCUT2D eigenvalue weighted by Gasteiger charge is -2.25. The average molecular weight is 421 g/mol. The van der Waals surface area contributed by atoms with E-state index < -0.39 is 11.4 Å². The number of halogens is 1. The first-order chi connectivity index (χ1) is 14.9. The van der Waals surface area contributed by atoms with Crippen LogP contribution < -0.4 is 10.2 Å². The van der Waals surface area contributed by atoms with Crippen molar-refractivity contribution in [3.8, 4) is 28.1 Å². The van der Waals surface area contributed by atoms with Gasteiger partial charge in [-0.3, -0.25) is 4.79 Å². The number of aromatic nitrogens is 1. The van der Waals surface area contributed by atoms with E-state index in [1.54, 1.807) is 6.07 Å². The highest BCUT2D eigenvalue weighted by molar-refractivity contribution is 5.88. The van der Waals surface area contributed by atoms with Gasteiger partial charge in [0.25, 0.3) is 0 Å². The highest BCUT2D eigenvalue weighted by atomic mass is 19.1. The molecule has 2 aliphatic heterocycles. The largest absolute Gasteiger partial charge is 0.492 e. The number of nitrogens with zero attached hydrogens (tertiary/aromatic N) is 1. The quantitative estimate of drug-likeness (QED) is 0.637. The van der Waals surface area contributed by atoms with Gasteiger partial charge in [0.15, 0.2) is 5.43 Å². The number of carboxylic acids is 1. The Morgan fingerprint density at radius 3 is 2.61 bits per heavy atom. The van der Waals surface area contributed by atoms with Crippen LogP contribution in [0.25, 0.3) is 22.4 Å². The second kappa shape index (κ2) is 8.38. The lowest BCUT2D eigenvalue weighted by molar-refractivity contribution is 0.0694.